The van der Waals surface area contributed by atoms with Gasteiger partial charge in [-0.05, 0) is 106 Å². The summed E-state index contributed by atoms with van der Waals surface area (Å²) in [6.45, 7) is 0. The molecule has 11 aromatic rings. The van der Waals surface area contributed by atoms with Crippen molar-refractivity contribution in [1.29, 1.82) is 0 Å². The van der Waals surface area contributed by atoms with Crippen molar-refractivity contribution in [3.8, 4) is 39.1 Å². The molecule has 2 heterocycles. The van der Waals surface area contributed by atoms with Crippen LogP contribution in [-0.2, 0) is 0 Å². The molecule has 3 nitrogen and oxygen atoms in total. The summed E-state index contributed by atoms with van der Waals surface area (Å²) in [5, 5.41) is 5.04. The molecular formula is C54H35ClN2O. The van der Waals surface area contributed by atoms with E-state index in [9.17, 15) is 0 Å². The fourth-order valence-electron chi connectivity index (χ4n) is 8.58. The van der Waals surface area contributed by atoms with Crippen molar-refractivity contribution in [3.05, 3.63) is 217 Å². The molecule has 0 aliphatic rings. The number of furan rings is 1. The highest BCUT2D eigenvalue weighted by molar-refractivity contribution is 6.32. The van der Waals surface area contributed by atoms with Crippen LogP contribution in [0, 0.1) is 0 Å². The minimum absolute atomic E-state index is 0.645. The van der Waals surface area contributed by atoms with E-state index < -0.39 is 0 Å². The smallest absolute Gasteiger partial charge is 0.160 e. The number of fused-ring (bicyclic) bond motifs is 7. The third-order valence-corrected chi connectivity index (χ3v) is 11.4. The largest absolute Gasteiger partial charge is 0.454 e. The van der Waals surface area contributed by atoms with Crippen LogP contribution in [-0.4, -0.2) is 4.57 Å². The maximum atomic E-state index is 7.22. The average molecular weight is 763 g/mol. The zero-order valence-electron chi connectivity index (χ0n) is 31.4. The summed E-state index contributed by atoms with van der Waals surface area (Å²) >= 11 is 7.22. The van der Waals surface area contributed by atoms with Crippen LogP contribution in [0.2, 0.25) is 5.02 Å². The minimum atomic E-state index is 0.645. The van der Waals surface area contributed by atoms with Gasteiger partial charge in [0, 0.05) is 49.3 Å². The molecule has 2 aromatic heterocycles. The first kappa shape index (κ1) is 34.0. The summed E-state index contributed by atoms with van der Waals surface area (Å²) in [7, 11) is 0. The minimum Gasteiger partial charge on any atom is -0.454 e. The second-order valence-corrected chi connectivity index (χ2v) is 15.1. The van der Waals surface area contributed by atoms with E-state index >= 15 is 0 Å². The third kappa shape index (κ3) is 5.75. The molecule has 58 heavy (non-hydrogen) atoms. The molecule has 0 radical (unpaired) electrons. The van der Waals surface area contributed by atoms with Gasteiger partial charge in [-0.2, -0.15) is 0 Å². The first-order valence-corrected chi connectivity index (χ1v) is 19.9. The summed E-state index contributed by atoms with van der Waals surface area (Å²) in [6, 6.07) is 74.8. The number of aromatic nitrogens is 1. The van der Waals surface area contributed by atoms with Crippen molar-refractivity contribution in [3.63, 3.8) is 0 Å². The molecule has 0 aliphatic carbocycles. The lowest BCUT2D eigenvalue weighted by atomic mass is 9.96. The molecule has 0 spiro atoms. The van der Waals surface area contributed by atoms with Crippen LogP contribution >= 0.6 is 11.6 Å². The number of hydrogen-bond donors (Lipinski definition) is 0. The number of hydrogen-bond acceptors (Lipinski definition) is 2. The fraction of sp³-hybridized carbons (Fsp3) is 0. The zero-order chi connectivity index (χ0) is 38.6. The topological polar surface area (TPSA) is 21.3 Å². The Kier molecular flexibility index (Phi) is 8.20. The highest BCUT2D eigenvalue weighted by Gasteiger charge is 2.24. The maximum absolute atomic E-state index is 7.22. The Labute approximate surface area is 341 Å². The molecule has 0 N–H and O–H groups in total. The van der Waals surface area contributed by atoms with Crippen LogP contribution in [0.25, 0.3) is 82.8 Å². The van der Waals surface area contributed by atoms with Gasteiger partial charge in [0.2, 0.25) is 0 Å². The molecule has 0 unspecified atom stereocenters. The van der Waals surface area contributed by atoms with Crippen molar-refractivity contribution in [2.45, 2.75) is 0 Å². The summed E-state index contributed by atoms with van der Waals surface area (Å²) in [5.41, 5.74) is 14.7. The Morgan fingerprint density at radius 2 is 0.948 bits per heavy atom. The molecule has 0 atom stereocenters. The fourth-order valence-corrected chi connectivity index (χ4v) is 8.81. The van der Waals surface area contributed by atoms with Crippen molar-refractivity contribution >= 4 is 72.4 Å². The molecule has 11 rings (SSSR count). The van der Waals surface area contributed by atoms with Gasteiger partial charge in [-0.3, -0.25) is 0 Å². The molecule has 4 heteroatoms. The lowest BCUT2D eigenvalue weighted by molar-refractivity contribution is 0.671. The van der Waals surface area contributed by atoms with E-state index in [1.54, 1.807) is 0 Å². The quantitative estimate of drug-likeness (QED) is 0.161. The standard InChI is InChI=1S/C54H35ClN2O/c55-41-32-40(48-35-49-46-20-10-12-22-50(46)57(42-18-8-3-9-19-42)53(49)54-52(48)47-21-11-13-23-51(47)58-54)33-45(34-41)56(43-28-24-38(25-29-43)36-14-4-1-5-15-36)44-30-26-39(27-31-44)37-16-6-2-7-17-37/h1-35H. The molecule has 0 bridgehead atoms. The van der Waals surface area contributed by atoms with Gasteiger partial charge in [0.15, 0.2) is 5.58 Å². The molecule has 0 fully saturated rings. The number of anilines is 3. The second-order valence-electron chi connectivity index (χ2n) is 14.7. The molecule has 9 aromatic carbocycles. The van der Waals surface area contributed by atoms with E-state index in [-0.39, 0.29) is 0 Å². The van der Waals surface area contributed by atoms with Gasteiger partial charge in [0.05, 0.1) is 11.0 Å². The molecular weight excluding hydrogens is 728 g/mol. The van der Waals surface area contributed by atoms with E-state index in [1.165, 1.54) is 11.1 Å². The lowest BCUT2D eigenvalue weighted by Crippen LogP contribution is -2.10. The number of para-hydroxylation sites is 3. The van der Waals surface area contributed by atoms with E-state index in [0.29, 0.717) is 5.02 Å². The molecule has 0 amide bonds. The molecule has 274 valence electrons. The van der Waals surface area contributed by atoms with Gasteiger partial charge in [-0.15, -0.1) is 0 Å². The zero-order valence-corrected chi connectivity index (χ0v) is 32.1. The van der Waals surface area contributed by atoms with Crippen molar-refractivity contribution in [1.82, 2.24) is 4.57 Å². The lowest BCUT2D eigenvalue weighted by Gasteiger charge is -2.27. The van der Waals surface area contributed by atoms with Crippen molar-refractivity contribution in [2.24, 2.45) is 0 Å². The van der Waals surface area contributed by atoms with E-state index in [0.717, 1.165) is 88.7 Å². The van der Waals surface area contributed by atoms with Crippen LogP contribution < -0.4 is 4.90 Å². The van der Waals surface area contributed by atoms with Crippen molar-refractivity contribution < 1.29 is 4.42 Å². The highest BCUT2D eigenvalue weighted by Crippen LogP contribution is 2.47. The van der Waals surface area contributed by atoms with Crippen LogP contribution in [0.4, 0.5) is 17.1 Å². The normalized spacial score (nSPS) is 11.5. The number of halogens is 1. The summed E-state index contributed by atoms with van der Waals surface area (Å²) in [4.78, 5) is 2.30. The second kappa shape index (κ2) is 14.0. The Morgan fingerprint density at radius 3 is 1.59 bits per heavy atom. The van der Waals surface area contributed by atoms with Crippen LogP contribution in [0.3, 0.4) is 0 Å². The van der Waals surface area contributed by atoms with Gasteiger partial charge < -0.3 is 13.9 Å². The first-order valence-electron chi connectivity index (χ1n) is 19.5. The van der Waals surface area contributed by atoms with Crippen LogP contribution in [0.5, 0.6) is 0 Å². The Hall–Kier alpha value is -7.33. The maximum Gasteiger partial charge on any atom is 0.160 e. The van der Waals surface area contributed by atoms with Crippen LogP contribution in [0.1, 0.15) is 0 Å². The third-order valence-electron chi connectivity index (χ3n) is 11.2. The molecule has 0 saturated heterocycles. The van der Waals surface area contributed by atoms with Gasteiger partial charge in [0.25, 0.3) is 0 Å². The number of nitrogens with zero attached hydrogens (tertiary/aromatic N) is 2. The van der Waals surface area contributed by atoms with Crippen LogP contribution in [0.15, 0.2) is 217 Å². The van der Waals surface area contributed by atoms with Gasteiger partial charge in [-0.25, -0.2) is 0 Å². The average Bonchev–Trinajstić information content (AvgIpc) is 3.84. The van der Waals surface area contributed by atoms with E-state index in [4.69, 9.17) is 16.0 Å². The summed E-state index contributed by atoms with van der Waals surface area (Å²) < 4.78 is 9.23. The molecule has 0 saturated carbocycles. The molecule has 0 aliphatic heterocycles. The van der Waals surface area contributed by atoms with Gasteiger partial charge >= 0.3 is 0 Å². The van der Waals surface area contributed by atoms with Gasteiger partial charge in [-0.1, -0.05) is 151 Å². The highest BCUT2D eigenvalue weighted by atomic mass is 35.5. The summed E-state index contributed by atoms with van der Waals surface area (Å²) in [5.74, 6) is 0. The summed E-state index contributed by atoms with van der Waals surface area (Å²) in [6.07, 6.45) is 0. The van der Waals surface area contributed by atoms with E-state index in [1.807, 2.05) is 6.07 Å². The first-order chi connectivity index (χ1) is 28.7. The Bertz CT molecular complexity index is 3180. The SMILES string of the molecule is Clc1cc(-c2cc3c4ccccc4n(-c4ccccc4)c3c3oc4ccccc4c23)cc(N(c2ccc(-c3ccccc3)cc2)c2ccc(-c3ccccc3)cc2)c1. The van der Waals surface area contributed by atoms with Crippen molar-refractivity contribution in [2.75, 3.05) is 4.90 Å². The number of rotatable bonds is 7. The monoisotopic (exact) mass is 762 g/mol. The predicted molar refractivity (Wildman–Crippen MR) is 244 cm³/mol. The van der Waals surface area contributed by atoms with Gasteiger partial charge in [0.1, 0.15) is 5.58 Å². The predicted octanol–water partition coefficient (Wildman–Crippen LogP) is 15.8. The number of benzene rings is 9. The Balaban J connectivity index is 1.14. The Morgan fingerprint density at radius 1 is 0.414 bits per heavy atom. The van der Waals surface area contributed by atoms with E-state index in [2.05, 4.69) is 216 Å².